The highest BCUT2D eigenvalue weighted by molar-refractivity contribution is 9.10. The third-order valence-corrected chi connectivity index (χ3v) is 3.57. The minimum absolute atomic E-state index is 0.408. The van der Waals surface area contributed by atoms with Crippen LogP contribution in [0.3, 0.4) is 0 Å². The molecular formula is C9H14BrN3O2S. The fourth-order valence-corrected chi connectivity index (χ4v) is 2.38. The fourth-order valence-electron chi connectivity index (χ4n) is 1.02. The first-order chi connectivity index (χ1) is 7.44. The normalized spacial score (nSPS) is 11.4. The molecule has 5 nitrogen and oxygen atoms in total. The van der Waals surface area contributed by atoms with Gasteiger partial charge in [0.25, 0.3) is 10.2 Å². The second kappa shape index (κ2) is 5.51. The van der Waals surface area contributed by atoms with Crippen LogP contribution in [0.25, 0.3) is 0 Å². The predicted octanol–water partition coefficient (Wildman–Crippen LogP) is 1.69. The number of nitrogens with one attached hydrogen (secondary N) is 2. The second-order valence-electron chi connectivity index (χ2n) is 3.24. The number of halogens is 1. The molecule has 1 rings (SSSR count). The molecule has 0 bridgehead atoms. The Bertz CT molecular complexity index is 462. The molecule has 0 amide bonds. The molecule has 1 aromatic carbocycles. The van der Waals surface area contributed by atoms with Crippen molar-refractivity contribution in [2.24, 2.45) is 0 Å². The number of rotatable bonds is 5. The van der Waals surface area contributed by atoms with Gasteiger partial charge in [0.1, 0.15) is 0 Å². The molecule has 16 heavy (non-hydrogen) atoms. The molecule has 4 N–H and O–H groups in total. The van der Waals surface area contributed by atoms with Crippen LogP contribution in [0.4, 0.5) is 11.4 Å². The second-order valence-corrected chi connectivity index (χ2v) is 5.59. The van der Waals surface area contributed by atoms with Crippen LogP contribution in [0.2, 0.25) is 0 Å². The average molecular weight is 308 g/mol. The summed E-state index contributed by atoms with van der Waals surface area (Å²) in [5, 5.41) is 0. The molecule has 90 valence electrons. The molecule has 0 saturated carbocycles. The van der Waals surface area contributed by atoms with Crippen molar-refractivity contribution in [3.05, 3.63) is 22.7 Å². The van der Waals surface area contributed by atoms with Gasteiger partial charge in [-0.1, -0.05) is 6.92 Å². The molecule has 0 heterocycles. The van der Waals surface area contributed by atoms with Gasteiger partial charge in [-0.05, 0) is 40.5 Å². The van der Waals surface area contributed by atoms with E-state index in [9.17, 15) is 8.42 Å². The van der Waals surface area contributed by atoms with E-state index >= 15 is 0 Å². The van der Waals surface area contributed by atoms with E-state index in [4.69, 9.17) is 5.73 Å². The summed E-state index contributed by atoms with van der Waals surface area (Å²) in [6, 6.07) is 4.84. The largest absolute Gasteiger partial charge is 0.398 e. The summed E-state index contributed by atoms with van der Waals surface area (Å²) in [4.78, 5) is 0. The van der Waals surface area contributed by atoms with Crippen LogP contribution >= 0.6 is 15.9 Å². The number of benzene rings is 1. The standard InChI is InChI=1S/C9H14BrN3O2S/c1-2-5-12-16(14,15)13-7-3-4-9(11)8(10)6-7/h3-4,6,12-13H,2,5,11H2,1H3. The van der Waals surface area contributed by atoms with Crippen LogP contribution in [0.15, 0.2) is 22.7 Å². The van der Waals surface area contributed by atoms with Gasteiger partial charge >= 0.3 is 0 Å². The van der Waals surface area contributed by atoms with Crippen LogP contribution in [0, 0.1) is 0 Å². The molecule has 7 heteroatoms. The zero-order valence-electron chi connectivity index (χ0n) is 8.83. The number of nitrogens with two attached hydrogens (primary N) is 1. The number of anilines is 2. The monoisotopic (exact) mass is 307 g/mol. The van der Waals surface area contributed by atoms with E-state index in [1.54, 1.807) is 18.2 Å². The Morgan fingerprint density at radius 1 is 1.44 bits per heavy atom. The van der Waals surface area contributed by atoms with Crippen molar-refractivity contribution in [2.75, 3.05) is 17.0 Å². The molecule has 0 aromatic heterocycles. The maximum absolute atomic E-state index is 11.5. The average Bonchev–Trinajstić information content (AvgIpc) is 2.20. The highest BCUT2D eigenvalue weighted by atomic mass is 79.9. The molecule has 0 unspecified atom stereocenters. The van der Waals surface area contributed by atoms with Gasteiger partial charge in [-0.2, -0.15) is 13.1 Å². The van der Waals surface area contributed by atoms with E-state index < -0.39 is 10.2 Å². The summed E-state index contributed by atoms with van der Waals surface area (Å²) < 4.78 is 28.4. The SMILES string of the molecule is CCCNS(=O)(=O)Nc1ccc(N)c(Br)c1. The first-order valence-electron chi connectivity index (χ1n) is 4.77. The number of nitrogen functional groups attached to an aromatic ring is 1. The topological polar surface area (TPSA) is 84.2 Å². The molecule has 0 aliphatic rings. The fraction of sp³-hybridized carbons (Fsp3) is 0.333. The summed E-state index contributed by atoms with van der Waals surface area (Å²) in [6.45, 7) is 2.30. The summed E-state index contributed by atoms with van der Waals surface area (Å²) in [5.74, 6) is 0. The van der Waals surface area contributed by atoms with E-state index in [2.05, 4.69) is 25.4 Å². The van der Waals surface area contributed by atoms with Crippen molar-refractivity contribution in [1.29, 1.82) is 0 Å². The zero-order valence-corrected chi connectivity index (χ0v) is 11.2. The smallest absolute Gasteiger partial charge is 0.299 e. The maximum Gasteiger partial charge on any atom is 0.299 e. The lowest BCUT2D eigenvalue weighted by molar-refractivity contribution is 0.586. The van der Waals surface area contributed by atoms with Crippen molar-refractivity contribution in [3.8, 4) is 0 Å². The van der Waals surface area contributed by atoms with Crippen molar-refractivity contribution in [1.82, 2.24) is 4.72 Å². The van der Waals surface area contributed by atoms with Gasteiger partial charge in [-0.25, -0.2) is 0 Å². The van der Waals surface area contributed by atoms with E-state index in [1.807, 2.05) is 6.92 Å². The van der Waals surface area contributed by atoms with Crippen molar-refractivity contribution in [3.63, 3.8) is 0 Å². The minimum atomic E-state index is -3.49. The van der Waals surface area contributed by atoms with E-state index in [0.29, 0.717) is 22.4 Å². The Balaban J connectivity index is 2.76. The summed E-state index contributed by atoms with van der Waals surface area (Å²) in [6.07, 6.45) is 0.742. The van der Waals surface area contributed by atoms with Gasteiger partial charge in [0.15, 0.2) is 0 Å². The third kappa shape index (κ3) is 3.99. The van der Waals surface area contributed by atoms with Crippen LogP contribution in [0.5, 0.6) is 0 Å². The highest BCUT2D eigenvalue weighted by Gasteiger charge is 2.08. The molecule has 0 aliphatic heterocycles. The van der Waals surface area contributed by atoms with Gasteiger partial charge in [0, 0.05) is 16.7 Å². The Labute approximate surface area is 104 Å². The summed E-state index contributed by atoms with van der Waals surface area (Å²) in [5.41, 5.74) is 6.62. The molecule has 0 saturated heterocycles. The van der Waals surface area contributed by atoms with Crippen LogP contribution in [-0.2, 0) is 10.2 Å². The Kier molecular flexibility index (Phi) is 4.57. The van der Waals surface area contributed by atoms with Crippen molar-refractivity contribution < 1.29 is 8.42 Å². The predicted molar refractivity (Wildman–Crippen MR) is 69.4 cm³/mol. The summed E-state index contributed by atoms with van der Waals surface area (Å²) in [7, 11) is -3.49. The lowest BCUT2D eigenvalue weighted by atomic mass is 10.3. The van der Waals surface area contributed by atoms with Gasteiger partial charge in [0.05, 0.1) is 5.69 Å². The van der Waals surface area contributed by atoms with Gasteiger partial charge in [-0.15, -0.1) is 0 Å². The molecular weight excluding hydrogens is 294 g/mol. The van der Waals surface area contributed by atoms with E-state index in [0.717, 1.165) is 6.42 Å². The van der Waals surface area contributed by atoms with Gasteiger partial charge in [0.2, 0.25) is 0 Å². The van der Waals surface area contributed by atoms with Gasteiger partial charge < -0.3 is 5.73 Å². The lowest BCUT2D eigenvalue weighted by Crippen LogP contribution is -2.30. The Hall–Kier alpha value is -0.790. The highest BCUT2D eigenvalue weighted by Crippen LogP contribution is 2.23. The number of hydrogen-bond acceptors (Lipinski definition) is 3. The van der Waals surface area contributed by atoms with Crippen LogP contribution < -0.4 is 15.2 Å². The molecule has 0 atom stereocenters. The van der Waals surface area contributed by atoms with E-state index in [1.165, 1.54) is 0 Å². The Morgan fingerprint density at radius 2 is 2.12 bits per heavy atom. The lowest BCUT2D eigenvalue weighted by Gasteiger charge is -2.09. The van der Waals surface area contributed by atoms with Crippen LogP contribution in [0.1, 0.15) is 13.3 Å². The van der Waals surface area contributed by atoms with Crippen molar-refractivity contribution in [2.45, 2.75) is 13.3 Å². The molecule has 1 aromatic rings. The zero-order chi connectivity index (χ0) is 12.2. The first-order valence-corrected chi connectivity index (χ1v) is 7.04. The first kappa shape index (κ1) is 13.3. The molecule has 0 aliphatic carbocycles. The van der Waals surface area contributed by atoms with Crippen molar-refractivity contribution >= 4 is 37.5 Å². The van der Waals surface area contributed by atoms with E-state index in [-0.39, 0.29) is 0 Å². The minimum Gasteiger partial charge on any atom is -0.398 e. The summed E-state index contributed by atoms with van der Waals surface area (Å²) >= 11 is 3.23. The van der Waals surface area contributed by atoms with Crippen LogP contribution in [-0.4, -0.2) is 15.0 Å². The molecule has 0 radical (unpaired) electrons. The van der Waals surface area contributed by atoms with Gasteiger partial charge in [-0.3, -0.25) is 4.72 Å². The maximum atomic E-state index is 11.5. The third-order valence-electron chi connectivity index (χ3n) is 1.79. The quantitative estimate of drug-likeness (QED) is 0.724. The Morgan fingerprint density at radius 3 is 2.69 bits per heavy atom. The number of hydrogen-bond donors (Lipinski definition) is 3. The molecule has 0 fully saturated rings. The molecule has 0 spiro atoms.